The highest BCUT2D eigenvalue weighted by molar-refractivity contribution is 5.32. The van der Waals surface area contributed by atoms with Crippen LogP contribution in [0.3, 0.4) is 0 Å². The lowest BCUT2D eigenvalue weighted by molar-refractivity contribution is 0.209. The average molecular weight is 287 g/mol. The molecule has 1 rings (SSSR count). The summed E-state index contributed by atoms with van der Waals surface area (Å²) < 4.78 is 0. The van der Waals surface area contributed by atoms with Crippen LogP contribution in [0.25, 0.3) is 0 Å². The van der Waals surface area contributed by atoms with Gasteiger partial charge in [-0.25, -0.2) is 0 Å². The van der Waals surface area contributed by atoms with Crippen LogP contribution in [0.2, 0.25) is 0 Å². The number of benzene rings is 1. The molecule has 0 aromatic heterocycles. The third kappa shape index (κ3) is 5.15. The summed E-state index contributed by atoms with van der Waals surface area (Å²) in [5.41, 5.74) is 0.412. The van der Waals surface area contributed by atoms with Gasteiger partial charge >= 0.3 is 0 Å². The van der Waals surface area contributed by atoms with E-state index in [9.17, 15) is 5.26 Å². The SMILES string of the molecule is CCCCN(CC)CC(C#N)(NC(C)C)c1ccccc1. The van der Waals surface area contributed by atoms with E-state index in [1.54, 1.807) is 0 Å². The maximum absolute atomic E-state index is 9.91. The van der Waals surface area contributed by atoms with Gasteiger partial charge in [0.1, 0.15) is 5.54 Å². The van der Waals surface area contributed by atoms with Gasteiger partial charge in [0.05, 0.1) is 6.07 Å². The molecule has 0 aliphatic rings. The molecule has 1 aromatic rings. The Labute approximate surface area is 130 Å². The summed E-state index contributed by atoms with van der Waals surface area (Å²) in [5, 5.41) is 13.4. The van der Waals surface area contributed by atoms with E-state index in [-0.39, 0.29) is 6.04 Å². The van der Waals surface area contributed by atoms with Gasteiger partial charge in [0, 0.05) is 12.6 Å². The van der Waals surface area contributed by atoms with Crippen molar-refractivity contribution in [1.82, 2.24) is 10.2 Å². The first-order valence-corrected chi connectivity index (χ1v) is 8.04. The standard InChI is InChI=1S/C18H29N3/c1-5-7-13-21(6-2)15-18(14-19,20-16(3)4)17-11-9-8-10-12-17/h8-12,16,20H,5-7,13,15H2,1-4H3. The monoisotopic (exact) mass is 287 g/mol. The fraction of sp³-hybridized carbons (Fsp3) is 0.611. The Balaban J connectivity index is 3.04. The van der Waals surface area contributed by atoms with Crippen LogP contribution in [0.5, 0.6) is 0 Å². The molecule has 0 aliphatic heterocycles. The maximum atomic E-state index is 9.91. The molecule has 0 saturated carbocycles. The third-order valence-electron chi connectivity index (χ3n) is 3.73. The molecule has 0 radical (unpaired) electrons. The van der Waals surface area contributed by atoms with Gasteiger partial charge in [-0.2, -0.15) is 5.26 Å². The molecule has 3 heteroatoms. The molecule has 0 bridgehead atoms. The van der Waals surface area contributed by atoms with Crippen molar-refractivity contribution in [3.8, 4) is 6.07 Å². The van der Waals surface area contributed by atoms with Crippen molar-refractivity contribution in [2.75, 3.05) is 19.6 Å². The van der Waals surface area contributed by atoms with Crippen molar-refractivity contribution in [2.24, 2.45) is 0 Å². The van der Waals surface area contributed by atoms with E-state index in [4.69, 9.17) is 0 Å². The van der Waals surface area contributed by atoms with E-state index >= 15 is 0 Å². The third-order valence-corrected chi connectivity index (χ3v) is 3.73. The fourth-order valence-electron chi connectivity index (χ4n) is 2.63. The Hall–Kier alpha value is -1.37. The molecule has 116 valence electrons. The summed E-state index contributed by atoms with van der Waals surface area (Å²) in [6.07, 6.45) is 2.35. The van der Waals surface area contributed by atoms with Crippen LogP contribution < -0.4 is 5.32 Å². The van der Waals surface area contributed by atoms with Gasteiger partial charge in [-0.1, -0.05) is 50.6 Å². The maximum Gasteiger partial charge on any atom is 0.145 e. The molecule has 21 heavy (non-hydrogen) atoms. The number of unbranched alkanes of at least 4 members (excludes halogenated alkanes) is 1. The second-order valence-corrected chi connectivity index (χ2v) is 5.90. The molecule has 1 aromatic carbocycles. The van der Waals surface area contributed by atoms with Gasteiger partial charge in [-0.15, -0.1) is 0 Å². The molecular formula is C18H29N3. The Bertz CT molecular complexity index is 436. The minimum Gasteiger partial charge on any atom is -0.300 e. The number of hydrogen-bond acceptors (Lipinski definition) is 3. The van der Waals surface area contributed by atoms with E-state index in [1.807, 2.05) is 30.3 Å². The zero-order chi connectivity index (χ0) is 15.7. The zero-order valence-corrected chi connectivity index (χ0v) is 13.9. The summed E-state index contributed by atoms with van der Waals surface area (Å²) >= 11 is 0. The Kier molecular flexibility index (Phi) is 7.42. The molecule has 0 heterocycles. The van der Waals surface area contributed by atoms with Crippen molar-refractivity contribution in [2.45, 2.75) is 52.1 Å². The summed E-state index contributed by atoms with van der Waals surface area (Å²) in [7, 11) is 0. The quantitative estimate of drug-likeness (QED) is 0.755. The molecule has 0 amide bonds. The Morgan fingerprint density at radius 2 is 1.90 bits per heavy atom. The smallest absolute Gasteiger partial charge is 0.145 e. The van der Waals surface area contributed by atoms with Gasteiger partial charge in [-0.05, 0) is 38.9 Å². The molecular weight excluding hydrogens is 258 g/mol. The zero-order valence-electron chi connectivity index (χ0n) is 13.9. The van der Waals surface area contributed by atoms with Gasteiger partial charge in [0.25, 0.3) is 0 Å². The van der Waals surface area contributed by atoms with Gasteiger partial charge in [-0.3, -0.25) is 5.32 Å². The lowest BCUT2D eigenvalue weighted by atomic mass is 9.89. The minimum atomic E-state index is -0.640. The van der Waals surface area contributed by atoms with Gasteiger partial charge in [0.2, 0.25) is 0 Å². The van der Waals surface area contributed by atoms with E-state index in [0.717, 1.165) is 25.2 Å². The second-order valence-electron chi connectivity index (χ2n) is 5.90. The molecule has 1 atom stereocenters. The lowest BCUT2D eigenvalue weighted by Crippen LogP contribution is -2.52. The highest BCUT2D eigenvalue weighted by Crippen LogP contribution is 2.23. The van der Waals surface area contributed by atoms with E-state index in [0.29, 0.717) is 0 Å². The molecule has 0 spiro atoms. The predicted molar refractivity (Wildman–Crippen MR) is 89.0 cm³/mol. The predicted octanol–water partition coefficient (Wildman–Crippen LogP) is 3.53. The number of nitrogens with zero attached hydrogens (tertiary/aromatic N) is 2. The second kappa shape index (κ2) is 8.81. The molecule has 0 saturated heterocycles. The van der Waals surface area contributed by atoms with E-state index in [2.05, 4.69) is 44.0 Å². The Morgan fingerprint density at radius 1 is 1.24 bits per heavy atom. The Morgan fingerprint density at radius 3 is 2.38 bits per heavy atom. The van der Waals surface area contributed by atoms with Crippen LogP contribution in [-0.2, 0) is 5.54 Å². The number of rotatable bonds is 9. The minimum absolute atomic E-state index is 0.259. The number of likely N-dealkylation sites (N-methyl/N-ethyl adjacent to an activating group) is 1. The normalized spacial score (nSPS) is 14.1. The molecule has 1 unspecified atom stereocenters. The van der Waals surface area contributed by atoms with Crippen LogP contribution in [-0.4, -0.2) is 30.6 Å². The van der Waals surface area contributed by atoms with Crippen LogP contribution in [0.1, 0.15) is 46.1 Å². The molecule has 0 aliphatic carbocycles. The van der Waals surface area contributed by atoms with E-state index < -0.39 is 5.54 Å². The number of hydrogen-bond donors (Lipinski definition) is 1. The summed E-state index contributed by atoms with van der Waals surface area (Å²) in [6.45, 7) is 11.3. The lowest BCUT2D eigenvalue weighted by Gasteiger charge is -2.35. The summed E-state index contributed by atoms with van der Waals surface area (Å²) in [6, 6.07) is 12.9. The fourth-order valence-corrected chi connectivity index (χ4v) is 2.63. The van der Waals surface area contributed by atoms with E-state index in [1.165, 1.54) is 12.8 Å². The van der Waals surface area contributed by atoms with Crippen LogP contribution >= 0.6 is 0 Å². The number of nitriles is 1. The number of nitrogens with one attached hydrogen (secondary N) is 1. The van der Waals surface area contributed by atoms with Crippen LogP contribution in [0.15, 0.2) is 30.3 Å². The first-order chi connectivity index (χ1) is 10.1. The van der Waals surface area contributed by atoms with Crippen molar-refractivity contribution in [1.29, 1.82) is 5.26 Å². The first-order valence-electron chi connectivity index (χ1n) is 8.04. The summed E-state index contributed by atoms with van der Waals surface area (Å²) in [5.74, 6) is 0. The average Bonchev–Trinajstić information content (AvgIpc) is 2.50. The van der Waals surface area contributed by atoms with Crippen LogP contribution in [0, 0.1) is 11.3 Å². The highest BCUT2D eigenvalue weighted by Gasteiger charge is 2.34. The van der Waals surface area contributed by atoms with Gasteiger partial charge in [0.15, 0.2) is 0 Å². The molecule has 0 fully saturated rings. The summed E-state index contributed by atoms with van der Waals surface area (Å²) in [4.78, 5) is 2.37. The van der Waals surface area contributed by atoms with Crippen LogP contribution in [0.4, 0.5) is 0 Å². The largest absolute Gasteiger partial charge is 0.300 e. The first kappa shape index (κ1) is 17.7. The van der Waals surface area contributed by atoms with Crippen molar-refractivity contribution < 1.29 is 0 Å². The highest BCUT2D eigenvalue weighted by atomic mass is 15.2. The van der Waals surface area contributed by atoms with Crippen molar-refractivity contribution >= 4 is 0 Å². The van der Waals surface area contributed by atoms with Crippen molar-refractivity contribution in [3.63, 3.8) is 0 Å². The molecule has 1 N–H and O–H groups in total. The van der Waals surface area contributed by atoms with Gasteiger partial charge < -0.3 is 4.90 Å². The topological polar surface area (TPSA) is 39.1 Å². The van der Waals surface area contributed by atoms with Crippen molar-refractivity contribution in [3.05, 3.63) is 35.9 Å². The molecule has 3 nitrogen and oxygen atoms in total.